The third-order valence-electron chi connectivity index (χ3n) is 2.81. The Morgan fingerprint density at radius 2 is 2.26 bits per heavy atom. The van der Waals surface area contributed by atoms with Crippen molar-refractivity contribution >= 4 is 18.1 Å². The number of carbonyl (C=O) groups is 1. The second-order valence-electron chi connectivity index (χ2n) is 4.62. The Labute approximate surface area is 133 Å². The summed E-state index contributed by atoms with van der Waals surface area (Å²) in [5.74, 6) is -0.0511. The normalized spacial score (nSPS) is 10.9. The van der Waals surface area contributed by atoms with Gasteiger partial charge in [-0.1, -0.05) is 6.07 Å². The van der Waals surface area contributed by atoms with Crippen LogP contribution in [0.1, 0.15) is 18.2 Å². The maximum atomic E-state index is 10.8. The summed E-state index contributed by atoms with van der Waals surface area (Å²) in [4.78, 5) is 14.8. The Hall–Kier alpha value is -3.03. The highest BCUT2D eigenvalue weighted by Crippen LogP contribution is 2.30. The van der Waals surface area contributed by atoms with Crippen LogP contribution >= 0.6 is 0 Å². The molecule has 122 valence electrons. The molecule has 2 aromatic rings. The van der Waals surface area contributed by atoms with Crippen molar-refractivity contribution in [1.29, 1.82) is 0 Å². The van der Waals surface area contributed by atoms with Gasteiger partial charge in [-0.25, -0.2) is 14.5 Å². The molecule has 0 fully saturated rings. The van der Waals surface area contributed by atoms with Crippen molar-refractivity contribution in [1.82, 2.24) is 9.66 Å². The lowest BCUT2D eigenvalue weighted by molar-refractivity contribution is -0.139. The summed E-state index contributed by atoms with van der Waals surface area (Å²) in [5.41, 5.74) is 7.04. The second-order valence-corrected chi connectivity index (χ2v) is 4.62. The van der Waals surface area contributed by atoms with Gasteiger partial charge in [0.2, 0.25) is 5.95 Å². The zero-order valence-electron chi connectivity index (χ0n) is 12.9. The zero-order chi connectivity index (χ0) is 16.8. The van der Waals surface area contributed by atoms with E-state index in [1.165, 1.54) is 10.9 Å². The van der Waals surface area contributed by atoms with Crippen LogP contribution in [0, 0.1) is 6.92 Å². The molecular weight excluding hydrogens is 300 g/mol. The van der Waals surface area contributed by atoms with Crippen LogP contribution in [-0.2, 0) is 4.79 Å². The van der Waals surface area contributed by atoms with Gasteiger partial charge in [-0.15, -0.1) is 0 Å². The molecule has 0 aliphatic rings. The maximum absolute atomic E-state index is 10.8. The molecule has 2 rings (SSSR count). The first-order valence-electron chi connectivity index (χ1n) is 6.97. The van der Waals surface area contributed by atoms with E-state index in [1.54, 1.807) is 31.3 Å². The summed E-state index contributed by atoms with van der Waals surface area (Å²) in [7, 11) is 0. The Morgan fingerprint density at radius 1 is 1.48 bits per heavy atom. The van der Waals surface area contributed by atoms with Crippen molar-refractivity contribution in [2.75, 3.05) is 18.9 Å². The van der Waals surface area contributed by atoms with Gasteiger partial charge < -0.3 is 20.3 Å². The minimum Gasteiger partial charge on any atom is -0.490 e. The predicted octanol–water partition coefficient (Wildman–Crippen LogP) is 1.52. The van der Waals surface area contributed by atoms with E-state index in [9.17, 15) is 4.79 Å². The van der Waals surface area contributed by atoms with Crippen LogP contribution in [0.4, 0.5) is 5.95 Å². The van der Waals surface area contributed by atoms with E-state index in [0.717, 1.165) is 5.69 Å². The molecule has 0 radical (unpaired) electrons. The maximum Gasteiger partial charge on any atom is 0.341 e. The van der Waals surface area contributed by atoms with Crippen molar-refractivity contribution in [2.45, 2.75) is 13.8 Å². The molecule has 0 amide bonds. The van der Waals surface area contributed by atoms with Crippen LogP contribution < -0.4 is 15.2 Å². The molecule has 1 aromatic carbocycles. The standard InChI is InChI=1S/C15H18N4O4/c1-3-22-12-6-4-5-11(14(12)23-9-13(20)21)7-17-19-8-10(2)18-15(19)16/h4-8H,3,9H2,1-2H3,(H2,16,18)(H,20,21). The number of rotatable bonds is 7. The smallest absolute Gasteiger partial charge is 0.341 e. The fourth-order valence-corrected chi connectivity index (χ4v) is 1.91. The van der Waals surface area contributed by atoms with Crippen molar-refractivity contribution in [3.05, 3.63) is 35.7 Å². The lowest BCUT2D eigenvalue weighted by Gasteiger charge is -2.12. The van der Waals surface area contributed by atoms with Crippen LogP contribution in [-0.4, -0.2) is 40.2 Å². The van der Waals surface area contributed by atoms with E-state index < -0.39 is 12.6 Å². The number of nitrogens with zero attached hydrogens (tertiary/aromatic N) is 3. The Kier molecular flexibility index (Phi) is 5.19. The van der Waals surface area contributed by atoms with Crippen LogP contribution in [0.2, 0.25) is 0 Å². The van der Waals surface area contributed by atoms with Crippen LogP contribution in [0.25, 0.3) is 0 Å². The predicted molar refractivity (Wildman–Crippen MR) is 85.1 cm³/mol. The summed E-state index contributed by atoms with van der Waals surface area (Å²) in [6.07, 6.45) is 3.19. The zero-order valence-corrected chi connectivity index (χ0v) is 12.9. The number of imidazole rings is 1. The van der Waals surface area contributed by atoms with Gasteiger partial charge in [-0.05, 0) is 26.0 Å². The van der Waals surface area contributed by atoms with E-state index in [-0.39, 0.29) is 5.95 Å². The average Bonchev–Trinajstić information content (AvgIpc) is 2.82. The Bertz CT molecular complexity index is 724. The number of hydrogen-bond acceptors (Lipinski definition) is 6. The number of para-hydroxylation sites is 1. The summed E-state index contributed by atoms with van der Waals surface area (Å²) in [6, 6.07) is 5.21. The minimum absolute atomic E-state index is 0.257. The first-order chi connectivity index (χ1) is 11.0. The highest BCUT2D eigenvalue weighted by Gasteiger charge is 2.12. The van der Waals surface area contributed by atoms with Gasteiger partial charge in [0.05, 0.1) is 24.7 Å². The minimum atomic E-state index is -1.08. The summed E-state index contributed by atoms with van der Waals surface area (Å²) < 4.78 is 12.2. The lowest BCUT2D eigenvalue weighted by atomic mass is 10.2. The molecule has 0 bridgehead atoms. The van der Waals surface area contributed by atoms with Gasteiger partial charge in [0.15, 0.2) is 18.1 Å². The molecule has 3 N–H and O–H groups in total. The number of aliphatic carboxylic acids is 1. The number of nitrogens with two attached hydrogens (primary N) is 1. The largest absolute Gasteiger partial charge is 0.490 e. The van der Waals surface area contributed by atoms with Gasteiger partial charge in [0.25, 0.3) is 0 Å². The lowest BCUT2D eigenvalue weighted by Crippen LogP contribution is -2.11. The number of anilines is 1. The van der Waals surface area contributed by atoms with Gasteiger partial charge in [0.1, 0.15) is 0 Å². The van der Waals surface area contributed by atoms with E-state index >= 15 is 0 Å². The molecule has 23 heavy (non-hydrogen) atoms. The highest BCUT2D eigenvalue weighted by atomic mass is 16.5. The van der Waals surface area contributed by atoms with Crippen molar-refractivity contribution < 1.29 is 19.4 Å². The van der Waals surface area contributed by atoms with Crippen LogP contribution in [0.3, 0.4) is 0 Å². The second kappa shape index (κ2) is 7.30. The Morgan fingerprint density at radius 3 is 2.87 bits per heavy atom. The first-order valence-corrected chi connectivity index (χ1v) is 6.97. The average molecular weight is 318 g/mol. The molecular formula is C15H18N4O4. The Balaban J connectivity index is 2.34. The third kappa shape index (κ3) is 4.22. The number of carboxylic acids is 1. The molecule has 0 aliphatic carbocycles. The monoisotopic (exact) mass is 318 g/mol. The van der Waals surface area contributed by atoms with Crippen LogP contribution in [0.15, 0.2) is 29.5 Å². The highest BCUT2D eigenvalue weighted by molar-refractivity contribution is 5.85. The van der Waals surface area contributed by atoms with Crippen molar-refractivity contribution in [3.8, 4) is 11.5 Å². The summed E-state index contributed by atoms with van der Waals surface area (Å²) >= 11 is 0. The molecule has 0 atom stereocenters. The van der Waals surface area contributed by atoms with E-state index in [1.807, 2.05) is 6.92 Å². The molecule has 1 aromatic heterocycles. The molecule has 8 nitrogen and oxygen atoms in total. The van der Waals surface area contributed by atoms with Crippen LogP contribution in [0.5, 0.6) is 11.5 Å². The number of nitrogen functional groups attached to an aromatic ring is 1. The number of ether oxygens (including phenoxy) is 2. The van der Waals surface area contributed by atoms with Crippen molar-refractivity contribution in [2.24, 2.45) is 5.10 Å². The molecule has 8 heteroatoms. The topological polar surface area (TPSA) is 112 Å². The van der Waals surface area contributed by atoms with E-state index in [0.29, 0.717) is 23.7 Å². The fraction of sp³-hybridized carbons (Fsp3) is 0.267. The molecule has 0 spiro atoms. The molecule has 1 heterocycles. The quantitative estimate of drug-likeness (QED) is 0.749. The number of aryl methyl sites for hydroxylation is 1. The SMILES string of the molecule is CCOc1cccc(C=Nn2cc(C)nc2N)c1OCC(=O)O. The molecule has 0 saturated heterocycles. The first kappa shape index (κ1) is 16.3. The van der Waals surface area contributed by atoms with Gasteiger partial charge in [-0.2, -0.15) is 5.10 Å². The van der Waals surface area contributed by atoms with Gasteiger partial charge in [0, 0.05) is 5.56 Å². The van der Waals surface area contributed by atoms with Gasteiger partial charge in [-0.3, -0.25) is 0 Å². The van der Waals surface area contributed by atoms with E-state index in [2.05, 4.69) is 10.1 Å². The molecule has 0 unspecified atom stereocenters. The number of benzene rings is 1. The fourth-order valence-electron chi connectivity index (χ4n) is 1.91. The van der Waals surface area contributed by atoms with E-state index in [4.69, 9.17) is 20.3 Å². The van der Waals surface area contributed by atoms with Crippen molar-refractivity contribution in [3.63, 3.8) is 0 Å². The third-order valence-corrected chi connectivity index (χ3v) is 2.81. The number of carboxylic acid groups (broad SMARTS) is 1. The molecule has 0 aliphatic heterocycles. The number of hydrogen-bond donors (Lipinski definition) is 2. The summed E-state index contributed by atoms with van der Waals surface area (Å²) in [6.45, 7) is 3.59. The number of aromatic nitrogens is 2. The van der Waals surface area contributed by atoms with Gasteiger partial charge >= 0.3 is 5.97 Å². The summed E-state index contributed by atoms with van der Waals surface area (Å²) in [5, 5.41) is 13.0. The molecule has 0 saturated carbocycles.